The van der Waals surface area contributed by atoms with Gasteiger partial charge in [-0.1, -0.05) is 6.42 Å². The summed E-state index contributed by atoms with van der Waals surface area (Å²) in [5.41, 5.74) is -0.909. The molecule has 0 unspecified atom stereocenters. The van der Waals surface area contributed by atoms with Crippen molar-refractivity contribution in [2.24, 2.45) is 11.3 Å². The molecule has 3 rings (SSSR count). The van der Waals surface area contributed by atoms with Gasteiger partial charge < -0.3 is 9.84 Å². The van der Waals surface area contributed by atoms with Crippen molar-refractivity contribution < 1.29 is 23.1 Å². The summed E-state index contributed by atoms with van der Waals surface area (Å²) < 4.78 is 32.6. The van der Waals surface area contributed by atoms with Gasteiger partial charge in [0.05, 0.1) is 16.4 Å². The zero-order valence-electron chi connectivity index (χ0n) is 13.9. The summed E-state index contributed by atoms with van der Waals surface area (Å²) in [6, 6.07) is 6.32. The third-order valence-electron chi connectivity index (χ3n) is 5.10. The second-order valence-electron chi connectivity index (χ2n) is 6.99. The Bertz CT molecular complexity index is 728. The topological polar surface area (TPSA) is 83.9 Å². The monoisotopic (exact) mass is 353 g/mol. The Kier molecular flexibility index (Phi) is 4.34. The van der Waals surface area contributed by atoms with E-state index in [0.29, 0.717) is 18.7 Å². The van der Waals surface area contributed by atoms with Crippen molar-refractivity contribution in [3.63, 3.8) is 0 Å². The second kappa shape index (κ2) is 6.04. The van der Waals surface area contributed by atoms with Gasteiger partial charge in [-0.3, -0.25) is 4.79 Å². The number of hydrogen-bond donors (Lipinski definition) is 1. The number of carboxylic acid groups (broad SMARTS) is 1. The molecule has 2 atom stereocenters. The van der Waals surface area contributed by atoms with Crippen molar-refractivity contribution in [1.29, 1.82) is 0 Å². The van der Waals surface area contributed by atoms with Gasteiger partial charge in [0.25, 0.3) is 0 Å². The average Bonchev–Trinajstić information content (AvgIpc) is 3.05. The third-order valence-corrected chi connectivity index (χ3v) is 6.92. The number of fused-ring (bicyclic) bond motifs is 1. The van der Waals surface area contributed by atoms with Crippen LogP contribution >= 0.6 is 0 Å². The summed E-state index contributed by atoms with van der Waals surface area (Å²) >= 11 is 0. The van der Waals surface area contributed by atoms with Crippen LogP contribution in [0.3, 0.4) is 0 Å². The summed E-state index contributed by atoms with van der Waals surface area (Å²) in [6.07, 6.45) is 2.20. The minimum absolute atomic E-state index is 0.0147. The summed E-state index contributed by atoms with van der Waals surface area (Å²) in [4.78, 5) is 11.9. The molecule has 1 aromatic rings. The number of ether oxygens (including phenoxy) is 1. The van der Waals surface area contributed by atoms with Crippen LogP contribution < -0.4 is 4.74 Å². The Labute approximate surface area is 142 Å². The maximum atomic E-state index is 12.9. The van der Waals surface area contributed by atoms with Crippen LogP contribution in [0.4, 0.5) is 0 Å². The minimum atomic E-state index is -3.68. The highest BCUT2D eigenvalue weighted by molar-refractivity contribution is 7.89. The number of carbonyl (C=O) groups is 1. The number of benzene rings is 1. The van der Waals surface area contributed by atoms with Gasteiger partial charge in [-0.05, 0) is 56.9 Å². The Hall–Kier alpha value is -1.60. The third kappa shape index (κ3) is 2.80. The van der Waals surface area contributed by atoms with Crippen molar-refractivity contribution in [2.45, 2.75) is 44.1 Å². The maximum absolute atomic E-state index is 12.9. The van der Waals surface area contributed by atoms with E-state index in [1.165, 1.54) is 16.4 Å². The van der Waals surface area contributed by atoms with E-state index in [1.54, 1.807) is 12.1 Å². The summed E-state index contributed by atoms with van der Waals surface area (Å²) in [6.45, 7) is 4.16. The van der Waals surface area contributed by atoms with Crippen LogP contribution in [0.25, 0.3) is 0 Å². The zero-order chi connectivity index (χ0) is 17.5. The molecule has 0 bridgehead atoms. The van der Waals surface area contributed by atoms with E-state index in [2.05, 4.69) is 0 Å². The highest BCUT2D eigenvalue weighted by atomic mass is 32.2. The normalized spacial score (nSPS) is 27.4. The quantitative estimate of drug-likeness (QED) is 0.878. The van der Waals surface area contributed by atoms with Gasteiger partial charge in [0, 0.05) is 13.1 Å². The van der Waals surface area contributed by atoms with E-state index in [-0.39, 0.29) is 23.5 Å². The van der Waals surface area contributed by atoms with Gasteiger partial charge in [0.15, 0.2) is 0 Å². The van der Waals surface area contributed by atoms with Crippen LogP contribution in [-0.2, 0) is 14.8 Å². The molecule has 1 saturated carbocycles. The lowest BCUT2D eigenvalue weighted by atomic mass is 9.81. The van der Waals surface area contributed by atoms with Crippen LogP contribution in [0.1, 0.15) is 33.1 Å². The van der Waals surface area contributed by atoms with Crippen LogP contribution in [0, 0.1) is 11.3 Å². The standard InChI is InChI=1S/C17H23NO5S/c1-12(2)23-14-5-7-15(8-6-14)24(21,22)18-10-13-4-3-9-17(13,11-18)16(19)20/h5-8,12-13H,3-4,9-11H2,1-2H3,(H,19,20)/t13-,17+/m0/s1. The molecular weight excluding hydrogens is 330 g/mol. The first-order valence-corrected chi connectivity index (χ1v) is 9.70. The van der Waals surface area contributed by atoms with Crippen LogP contribution in [0.5, 0.6) is 5.75 Å². The Morgan fingerprint density at radius 2 is 2.00 bits per heavy atom. The fourth-order valence-corrected chi connectivity index (χ4v) is 5.44. The highest BCUT2D eigenvalue weighted by Crippen LogP contribution is 2.50. The molecule has 2 fully saturated rings. The van der Waals surface area contributed by atoms with Crippen LogP contribution in [0.2, 0.25) is 0 Å². The van der Waals surface area contributed by atoms with Gasteiger partial charge in [0.2, 0.25) is 10.0 Å². The van der Waals surface area contributed by atoms with Crippen molar-refractivity contribution in [3.8, 4) is 5.75 Å². The molecule has 1 aliphatic carbocycles. The number of sulfonamides is 1. The average molecular weight is 353 g/mol. The highest BCUT2D eigenvalue weighted by Gasteiger charge is 2.57. The molecule has 0 radical (unpaired) electrons. The fraction of sp³-hybridized carbons (Fsp3) is 0.588. The molecule has 1 N–H and O–H groups in total. The molecule has 0 amide bonds. The van der Waals surface area contributed by atoms with Crippen molar-refractivity contribution in [3.05, 3.63) is 24.3 Å². The fourth-order valence-electron chi connectivity index (χ4n) is 3.89. The van der Waals surface area contributed by atoms with Crippen molar-refractivity contribution >= 4 is 16.0 Å². The van der Waals surface area contributed by atoms with E-state index < -0.39 is 21.4 Å². The van der Waals surface area contributed by atoms with Gasteiger partial charge in [-0.25, -0.2) is 8.42 Å². The van der Waals surface area contributed by atoms with E-state index in [0.717, 1.165) is 12.8 Å². The summed E-state index contributed by atoms with van der Waals surface area (Å²) in [7, 11) is -3.68. The molecule has 24 heavy (non-hydrogen) atoms. The molecule has 6 nitrogen and oxygen atoms in total. The van der Waals surface area contributed by atoms with E-state index in [9.17, 15) is 18.3 Å². The van der Waals surface area contributed by atoms with Crippen LogP contribution in [-0.4, -0.2) is 43.0 Å². The van der Waals surface area contributed by atoms with Gasteiger partial charge >= 0.3 is 5.97 Å². The molecule has 7 heteroatoms. The predicted molar refractivity (Wildman–Crippen MR) is 88.4 cm³/mol. The molecule has 1 saturated heterocycles. The molecular formula is C17H23NO5S. The molecule has 0 spiro atoms. The van der Waals surface area contributed by atoms with Crippen LogP contribution in [0.15, 0.2) is 29.2 Å². The largest absolute Gasteiger partial charge is 0.491 e. The predicted octanol–water partition coefficient (Wildman–Crippen LogP) is 2.35. The first kappa shape index (κ1) is 17.2. The zero-order valence-corrected chi connectivity index (χ0v) is 14.8. The minimum Gasteiger partial charge on any atom is -0.491 e. The Morgan fingerprint density at radius 1 is 1.33 bits per heavy atom. The molecule has 0 aromatic heterocycles. The molecule has 1 aromatic carbocycles. The second-order valence-corrected chi connectivity index (χ2v) is 8.92. The van der Waals surface area contributed by atoms with E-state index >= 15 is 0 Å². The van der Waals surface area contributed by atoms with E-state index in [4.69, 9.17) is 4.74 Å². The van der Waals surface area contributed by atoms with Gasteiger partial charge in [-0.15, -0.1) is 0 Å². The lowest BCUT2D eigenvalue weighted by molar-refractivity contribution is -0.149. The number of aliphatic carboxylic acids is 1. The Balaban J connectivity index is 1.83. The summed E-state index contributed by atoms with van der Waals surface area (Å²) in [5, 5.41) is 9.61. The molecule has 132 valence electrons. The lowest BCUT2D eigenvalue weighted by Gasteiger charge is -2.23. The SMILES string of the molecule is CC(C)Oc1ccc(S(=O)(=O)N2C[C@@H]3CCC[C@@]3(C(=O)O)C2)cc1. The molecule has 1 aliphatic heterocycles. The number of carboxylic acids is 1. The van der Waals surface area contributed by atoms with Crippen molar-refractivity contribution in [1.82, 2.24) is 4.31 Å². The Morgan fingerprint density at radius 3 is 2.54 bits per heavy atom. The molecule has 2 aliphatic rings. The first-order valence-electron chi connectivity index (χ1n) is 8.26. The number of nitrogens with zero attached hydrogens (tertiary/aromatic N) is 1. The number of rotatable bonds is 5. The van der Waals surface area contributed by atoms with Crippen molar-refractivity contribution in [2.75, 3.05) is 13.1 Å². The maximum Gasteiger partial charge on any atom is 0.311 e. The smallest absolute Gasteiger partial charge is 0.311 e. The summed E-state index contributed by atoms with van der Waals surface area (Å²) in [5.74, 6) is -0.346. The lowest BCUT2D eigenvalue weighted by Crippen LogP contribution is -2.37. The van der Waals surface area contributed by atoms with Gasteiger partial charge in [0.1, 0.15) is 5.75 Å². The van der Waals surface area contributed by atoms with Gasteiger partial charge in [-0.2, -0.15) is 4.31 Å². The number of hydrogen-bond acceptors (Lipinski definition) is 4. The molecule has 1 heterocycles. The first-order chi connectivity index (χ1) is 11.3. The van der Waals surface area contributed by atoms with E-state index in [1.807, 2.05) is 13.8 Å².